The molecule has 0 radical (unpaired) electrons. The number of allylic oxidation sites excluding steroid dienone is 1. The highest BCUT2D eigenvalue weighted by atomic mass is 32.1. The number of ketones is 1. The maximum Gasteiger partial charge on any atom is 0.348 e. The van der Waals surface area contributed by atoms with Crippen molar-refractivity contribution in [1.82, 2.24) is 0 Å². The summed E-state index contributed by atoms with van der Waals surface area (Å²) in [5.41, 5.74) is 1.18. The van der Waals surface area contributed by atoms with Crippen LogP contribution in [0, 0.1) is 29.6 Å². The van der Waals surface area contributed by atoms with Gasteiger partial charge in [-0.1, -0.05) is 0 Å². The minimum atomic E-state index is -0.533. The summed E-state index contributed by atoms with van der Waals surface area (Å²) in [6.07, 6.45) is 1.26. The second-order valence-corrected chi connectivity index (χ2v) is 7.17. The Morgan fingerprint density at radius 3 is 2.50 bits per heavy atom. The average Bonchev–Trinajstić information content (AvgIpc) is 3.06. The average molecular weight is 424 g/mol. The van der Waals surface area contributed by atoms with Gasteiger partial charge in [-0.05, 0) is 37.6 Å². The lowest BCUT2D eigenvalue weighted by atomic mass is 10.0. The zero-order chi connectivity index (χ0) is 22.3. The lowest BCUT2D eigenvalue weighted by Crippen LogP contribution is -2.05. The number of nitriles is 2. The topological polar surface area (TPSA) is 109 Å². The van der Waals surface area contributed by atoms with Gasteiger partial charge in [0.2, 0.25) is 0 Å². The number of esters is 1. The monoisotopic (exact) mass is 424 g/mol. The first kappa shape index (κ1) is 22.7. The van der Waals surface area contributed by atoms with Gasteiger partial charge in [-0.3, -0.25) is 4.79 Å². The van der Waals surface area contributed by atoms with E-state index in [1.54, 1.807) is 32.0 Å². The molecule has 2 rings (SSSR count). The SMILES string of the molecule is CCOC(=O)c1sc(CC(=O)/C(C#N)=C/c2ccc(OC)cc2OC)c(C#N)c1C. The van der Waals surface area contributed by atoms with E-state index in [0.29, 0.717) is 27.5 Å². The number of Topliss-reactive ketones (excluding diaryl/α,β-unsaturated/α-hetero) is 1. The first-order valence-corrected chi connectivity index (χ1v) is 9.78. The van der Waals surface area contributed by atoms with Crippen LogP contribution in [0.4, 0.5) is 0 Å². The number of carbonyl (C=O) groups excluding carboxylic acids is 2. The van der Waals surface area contributed by atoms with Crippen molar-refractivity contribution in [2.24, 2.45) is 0 Å². The second-order valence-electron chi connectivity index (χ2n) is 6.06. The summed E-state index contributed by atoms with van der Waals surface area (Å²) in [6.45, 7) is 3.53. The Labute approximate surface area is 178 Å². The molecular weight excluding hydrogens is 404 g/mol. The fraction of sp³-hybridized carbons (Fsp3) is 0.273. The van der Waals surface area contributed by atoms with Crippen LogP contribution in [0.15, 0.2) is 23.8 Å². The van der Waals surface area contributed by atoms with Gasteiger partial charge in [0.05, 0.1) is 32.0 Å². The number of carbonyl (C=O) groups is 2. The molecule has 2 aromatic rings. The Morgan fingerprint density at radius 2 is 1.93 bits per heavy atom. The largest absolute Gasteiger partial charge is 0.497 e. The molecule has 0 unspecified atom stereocenters. The summed E-state index contributed by atoms with van der Waals surface area (Å²) >= 11 is 1.04. The van der Waals surface area contributed by atoms with E-state index in [9.17, 15) is 20.1 Å². The summed E-state index contributed by atoms with van der Waals surface area (Å²) in [5, 5.41) is 19.0. The van der Waals surface area contributed by atoms with Gasteiger partial charge >= 0.3 is 5.97 Å². The fourth-order valence-electron chi connectivity index (χ4n) is 2.74. The molecular formula is C22H20N2O5S. The van der Waals surface area contributed by atoms with E-state index in [0.717, 1.165) is 11.3 Å². The number of ether oxygens (including phenoxy) is 3. The predicted octanol–water partition coefficient (Wildman–Crippen LogP) is 3.84. The Bertz CT molecular complexity index is 1090. The molecule has 0 aliphatic carbocycles. The van der Waals surface area contributed by atoms with E-state index in [1.807, 2.05) is 12.1 Å². The fourth-order valence-corrected chi connectivity index (χ4v) is 3.89. The number of hydrogen-bond acceptors (Lipinski definition) is 8. The van der Waals surface area contributed by atoms with Crippen molar-refractivity contribution >= 4 is 29.2 Å². The third-order valence-corrected chi connectivity index (χ3v) is 5.55. The molecule has 0 saturated heterocycles. The van der Waals surface area contributed by atoms with Crippen LogP contribution < -0.4 is 9.47 Å². The molecule has 0 spiro atoms. The van der Waals surface area contributed by atoms with E-state index < -0.39 is 11.8 Å². The van der Waals surface area contributed by atoms with Crippen LogP contribution in [0.2, 0.25) is 0 Å². The molecule has 1 aromatic carbocycles. The molecule has 1 heterocycles. The molecule has 30 heavy (non-hydrogen) atoms. The number of benzene rings is 1. The van der Waals surface area contributed by atoms with E-state index in [1.165, 1.54) is 20.3 Å². The molecule has 8 heteroatoms. The summed E-state index contributed by atoms with van der Waals surface area (Å²) in [4.78, 5) is 25.6. The van der Waals surface area contributed by atoms with Crippen LogP contribution in [0.1, 0.15) is 38.2 Å². The van der Waals surface area contributed by atoms with Crippen molar-refractivity contribution in [2.75, 3.05) is 20.8 Å². The molecule has 7 nitrogen and oxygen atoms in total. The van der Waals surface area contributed by atoms with Gasteiger partial charge in [-0.2, -0.15) is 10.5 Å². The quantitative estimate of drug-likeness (QED) is 0.360. The highest BCUT2D eigenvalue weighted by Crippen LogP contribution is 2.30. The highest BCUT2D eigenvalue weighted by Gasteiger charge is 2.23. The van der Waals surface area contributed by atoms with Gasteiger partial charge in [-0.25, -0.2) is 4.79 Å². The third-order valence-electron chi connectivity index (χ3n) is 4.27. The lowest BCUT2D eigenvalue weighted by molar-refractivity contribution is -0.114. The molecule has 154 valence electrons. The number of rotatable bonds is 8. The van der Waals surface area contributed by atoms with Crippen molar-refractivity contribution < 1.29 is 23.8 Å². The molecule has 0 N–H and O–H groups in total. The van der Waals surface area contributed by atoms with Crippen molar-refractivity contribution in [1.29, 1.82) is 10.5 Å². The van der Waals surface area contributed by atoms with E-state index in [2.05, 4.69) is 0 Å². The zero-order valence-corrected chi connectivity index (χ0v) is 17.9. The Hall–Kier alpha value is -3.62. The predicted molar refractivity (Wildman–Crippen MR) is 112 cm³/mol. The normalized spacial score (nSPS) is 10.7. The molecule has 0 amide bonds. The third kappa shape index (κ3) is 4.86. The van der Waals surface area contributed by atoms with Gasteiger partial charge in [0.25, 0.3) is 0 Å². The van der Waals surface area contributed by atoms with Crippen LogP contribution in [0.5, 0.6) is 11.5 Å². The maximum atomic E-state index is 12.8. The highest BCUT2D eigenvalue weighted by molar-refractivity contribution is 7.14. The van der Waals surface area contributed by atoms with Crippen molar-refractivity contribution in [3.63, 3.8) is 0 Å². The van der Waals surface area contributed by atoms with Gasteiger partial charge in [0.1, 0.15) is 28.5 Å². The van der Waals surface area contributed by atoms with Crippen LogP contribution >= 0.6 is 11.3 Å². The van der Waals surface area contributed by atoms with Crippen LogP contribution in [0.3, 0.4) is 0 Å². The molecule has 0 saturated carbocycles. The molecule has 1 aromatic heterocycles. The van der Waals surface area contributed by atoms with Gasteiger partial charge in [0.15, 0.2) is 5.78 Å². The second kappa shape index (κ2) is 10.2. The maximum absolute atomic E-state index is 12.8. The number of hydrogen-bond donors (Lipinski definition) is 0. The lowest BCUT2D eigenvalue weighted by Gasteiger charge is -2.08. The minimum absolute atomic E-state index is 0.0916. The van der Waals surface area contributed by atoms with Gasteiger partial charge < -0.3 is 14.2 Å². The summed E-state index contributed by atoms with van der Waals surface area (Å²) < 4.78 is 15.5. The first-order chi connectivity index (χ1) is 14.4. The minimum Gasteiger partial charge on any atom is -0.497 e. The van der Waals surface area contributed by atoms with Crippen molar-refractivity contribution in [3.05, 3.63) is 50.2 Å². The Kier molecular flexibility index (Phi) is 7.74. The zero-order valence-electron chi connectivity index (χ0n) is 17.1. The Balaban J connectivity index is 2.38. The molecule has 0 atom stereocenters. The summed E-state index contributed by atoms with van der Waals surface area (Å²) in [6, 6.07) is 8.96. The summed E-state index contributed by atoms with van der Waals surface area (Å²) in [5.74, 6) is 0.0231. The van der Waals surface area contributed by atoms with Gasteiger partial charge in [0, 0.05) is 22.9 Å². The standard InChI is InChI=1S/C22H20N2O5S/c1-5-29-22(26)21-13(2)17(12-24)20(30-21)10-18(25)15(11-23)8-14-6-7-16(27-3)9-19(14)28-4/h6-9H,5,10H2,1-4H3/b15-8+. The van der Waals surface area contributed by atoms with Crippen LogP contribution in [-0.2, 0) is 16.0 Å². The van der Waals surface area contributed by atoms with Crippen LogP contribution in [0.25, 0.3) is 6.08 Å². The van der Waals surface area contributed by atoms with E-state index in [4.69, 9.17) is 14.2 Å². The van der Waals surface area contributed by atoms with Crippen molar-refractivity contribution in [3.8, 4) is 23.6 Å². The molecule has 0 aliphatic heterocycles. The van der Waals surface area contributed by atoms with E-state index in [-0.39, 0.29) is 29.0 Å². The first-order valence-electron chi connectivity index (χ1n) is 8.96. The molecule has 0 fully saturated rings. The smallest absolute Gasteiger partial charge is 0.348 e. The molecule has 0 aliphatic rings. The molecule has 0 bridgehead atoms. The van der Waals surface area contributed by atoms with Crippen LogP contribution in [-0.4, -0.2) is 32.6 Å². The number of thiophene rings is 1. The number of methoxy groups -OCH3 is 2. The van der Waals surface area contributed by atoms with Gasteiger partial charge in [-0.15, -0.1) is 11.3 Å². The Morgan fingerprint density at radius 1 is 1.20 bits per heavy atom. The number of nitrogens with zero attached hydrogens (tertiary/aromatic N) is 2. The van der Waals surface area contributed by atoms with Crippen molar-refractivity contribution in [2.45, 2.75) is 20.3 Å². The summed E-state index contributed by atoms with van der Waals surface area (Å²) in [7, 11) is 3.00. The van der Waals surface area contributed by atoms with E-state index >= 15 is 0 Å².